The maximum atomic E-state index is 12.0. The average Bonchev–Trinajstić information content (AvgIpc) is 2.74. The molecule has 1 aromatic carbocycles. The van der Waals surface area contributed by atoms with E-state index >= 15 is 0 Å². The van der Waals surface area contributed by atoms with E-state index in [0.29, 0.717) is 0 Å². The van der Waals surface area contributed by atoms with Gasteiger partial charge < -0.3 is 5.73 Å². The van der Waals surface area contributed by atoms with E-state index in [0.717, 1.165) is 16.9 Å². The minimum Gasteiger partial charge on any atom is -0.374 e. The van der Waals surface area contributed by atoms with Crippen LogP contribution in [0.5, 0.6) is 0 Å². The number of nitro benzene ring substituents is 1. The maximum Gasteiger partial charge on any atom is 0.282 e. The van der Waals surface area contributed by atoms with Gasteiger partial charge in [-0.25, -0.2) is 0 Å². The monoisotopic (exact) mass is 279 g/mol. The number of rotatable bonds is 3. The first-order valence-corrected chi connectivity index (χ1v) is 5.94. The first-order valence-electron chi connectivity index (χ1n) is 5.13. The number of aromatic nitrogens is 2. The van der Waals surface area contributed by atoms with Gasteiger partial charge in [-0.3, -0.25) is 20.2 Å². The second-order valence-electron chi connectivity index (χ2n) is 3.68. The Morgan fingerprint density at radius 3 is 2.79 bits per heavy atom. The number of amides is 1. The second kappa shape index (κ2) is 4.98. The molecule has 0 fully saturated rings. The van der Waals surface area contributed by atoms with Crippen molar-refractivity contribution in [3.8, 4) is 0 Å². The van der Waals surface area contributed by atoms with Gasteiger partial charge in [-0.15, -0.1) is 10.2 Å². The van der Waals surface area contributed by atoms with Crippen LogP contribution >= 0.6 is 11.3 Å². The summed E-state index contributed by atoms with van der Waals surface area (Å²) in [6.45, 7) is 1.74. The lowest BCUT2D eigenvalue weighted by atomic mass is 10.1. The summed E-state index contributed by atoms with van der Waals surface area (Å²) < 4.78 is 0. The van der Waals surface area contributed by atoms with E-state index in [1.165, 1.54) is 12.1 Å². The number of nitrogens with two attached hydrogens (primary N) is 1. The van der Waals surface area contributed by atoms with Crippen LogP contribution in [0, 0.1) is 17.0 Å². The Balaban J connectivity index is 2.32. The quantitative estimate of drug-likeness (QED) is 0.649. The Bertz CT molecular complexity index is 654. The predicted molar refractivity (Wildman–Crippen MR) is 70.1 cm³/mol. The van der Waals surface area contributed by atoms with Gasteiger partial charge in [0.15, 0.2) is 0 Å². The zero-order valence-electron chi connectivity index (χ0n) is 9.78. The highest BCUT2D eigenvalue weighted by Gasteiger charge is 2.21. The first-order chi connectivity index (χ1) is 8.97. The number of carbonyl (C=O) groups excluding carboxylic acids is 1. The van der Waals surface area contributed by atoms with Crippen LogP contribution in [0.4, 0.5) is 16.0 Å². The molecule has 1 amide bonds. The predicted octanol–water partition coefficient (Wildman–Crippen LogP) is 1.59. The number of benzene rings is 1. The molecule has 0 saturated carbocycles. The van der Waals surface area contributed by atoms with E-state index in [9.17, 15) is 14.9 Å². The van der Waals surface area contributed by atoms with E-state index in [-0.39, 0.29) is 21.5 Å². The highest BCUT2D eigenvalue weighted by atomic mass is 32.1. The third-order valence-electron chi connectivity index (χ3n) is 2.25. The summed E-state index contributed by atoms with van der Waals surface area (Å²) >= 11 is 0.983. The molecule has 0 unspecified atom stereocenters. The fourth-order valence-corrected chi connectivity index (χ4v) is 1.95. The van der Waals surface area contributed by atoms with E-state index in [2.05, 4.69) is 15.5 Å². The molecule has 2 aromatic rings. The molecule has 8 nitrogen and oxygen atoms in total. The van der Waals surface area contributed by atoms with Gasteiger partial charge >= 0.3 is 0 Å². The van der Waals surface area contributed by atoms with E-state index in [1.54, 1.807) is 13.0 Å². The third kappa shape index (κ3) is 2.83. The molecule has 0 spiro atoms. The van der Waals surface area contributed by atoms with Crippen molar-refractivity contribution in [1.82, 2.24) is 10.2 Å². The lowest BCUT2D eigenvalue weighted by Crippen LogP contribution is -2.14. The molecule has 0 radical (unpaired) electrons. The van der Waals surface area contributed by atoms with Gasteiger partial charge in [0.2, 0.25) is 10.3 Å². The summed E-state index contributed by atoms with van der Waals surface area (Å²) in [5.41, 5.74) is 5.83. The molecule has 98 valence electrons. The summed E-state index contributed by atoms with van der Waals surface area (Å²) in [5.74, 6) is -0.619. The molecule has 0 saturated heterocycles. The van der Waals surface area contributed by atoms with Crippen LogP contribution in [-0.4, -0.2) is 21.0 Å². The zero-order valence-corrected chi connectivity index (χ0v) is 10.6. The van der Waals surface area contributed by atoms with E-state index < -0.39 is 10.8 Å². The minimum absolute atomic E-state index is 0.0289. The van der Waals surface area contributed by atoms with Crippen molar-refractivity contribution in [2.24, 2.45) is 0 Å². The van der Waals surface area contributed by atoms with E-state index in [1.807, 2.05) is 0 Å². The normalized spacial score (nSPS) is 10.2. The molecule has 1 aromatic heterocycles. The van der Waals surface area contributed by atoms with Crippen molar-refractivity contribution >= 4 is 33.2 Å². The molecular formula is C10H9N5O3S. The molecular weight excluding hydrogens is 270 g/mol. The van der Waals surface area contributed by atoms with Crippen molar-refractivity contribution in [3.05, 3.63) is 39.4 Å². The Labute approximate surface area is 111 Å². The summed E-state index contributed by atoms with van der Waals surface area (Å²) in [5, 5.41) is 20.8. The molecule has 19 heavy (non-hydrogen) atoms. The number of nitrogens with one attached hydrogen (secondary N) is 1. The van der Waals surface area contributed by atoms with E-state index in [4.69, 9.17) is 5.73 Å². The van der Waals surface area contributed by atoms with Crippen molar-refractivity contribution < 1.29 is 9.72 Å². The van der Waals surface area contributed by atoms with Gasteiger partial charge in [-0.2, -0.15) is 0 Å². The first kappa shape index (κ1) is 12.9. The smallest absolute Gasteiger partial charge is 0.282 e. The van der Waals surface area contributed by atoms with Gasteiger partial charge in [0.25, 0.3) is 11.6 Å². The zero-order chi connectivity index (χ0) is 14.0. The van der Waals surface area contributed by atoms with Crippen molar-refractivity contribution in [3.63, 3.8) is 0 Å². The maximum absolute atomic E-state index is 12.0. The lowest BCUT2D eigenvalue weighted by Gasteiger charge is -2.03. The number of nitrogens with zero attached hydrogens (tertiary/aromatic N) is 3. The molecule has 0 bridgehead atoms. The van der Waals surface area contributed by atoms with Gasteiger partial charge in [-0.1, -0.05) is 17.4 Å². The van der Waals surface area contributed by atoms with Gasteiger partial charge in [0.1, 0.15) is 5.56 Å². The number of hydrogen-bond donors (Lipinski definition) is 2. The Kier molecular flexibility index (Phi) is 3.38. The van der Waals surface area contributed by atoms with Crippen LogP contribution in [0.1, 0.15) is 15.9 Å². The number of carbonyl (C=O) groups is 1. The number of aryl methyl sites for hydroxylation is 1. The summed E-state index contributed by atoms with van der Waals surface area (Å²) in [6, 6.07) is 4.30. The SMILES string of the molecule is Cc1ccc([N+](=O)[O-])c(C(=O)Nc2nnc(N)s2)c1. The largest absolute Gasteiger partial charge is 0.374 e. The summed E-state index contributed by atoms with van der Waals surface area (Å²) in [4.78, 5) is 22.2. The van der Waals surface area contributed by atoms with Crippen LogP contribution < -0.4 is 11.1 Å². The average molecular weight is 279 g/mol. The number of nitro groups is 1. The van der Waals surface area contributed by atoms with Crippen LogP contribution in [0.25, 0.3) is 0 Å². The van der Waals surface area contributed by atoms with Crippen LogP contribution in [-0.2, 0) is 0 Å². The standard InChI is InChI=1S/C10H9N5O3S/c1-5-2-3-7(15(17)18)6(4-5)8(16)12-10-14-13-9(11)19-10/h2-4H,1H3,(H2,11,13)(H,12,14,16). The molecule has 3 N–H and O–H groups in total. The fraction of sp³-hybridized carbons (Fsp3) is 0.100. The van der Waals surface area contributed by atoms with Crippen molar-refractivity contribution in [1.29, 1.82) is 0 Å². The molecule has 0 aliphatic heterocycles. The van der Waals surface area contributed by atoms with Crippen molar-refractivity contribution in [2.45, 2.75) is 6.92 Å². The Morgan fingerprint density at radius 2 is 2.21 bits per heavy atom. The minimum atomic E-state index is -0.619. The Morgan fingerprint density at radius 1 is 1.47 bits per heavy atom. The van der Waals surface area contributed by atoms with Crippen LogP contribution in [0.2, 0.25) is 0 Å². The summed E-state index contributed by atoms with van der Waals surface area (Å²) in [6.07, 6.45) is 0. The number of nitrogen functional groups attached to an aromatic ring is 1. The molecule has 1 heterocycles. The van der Waals surface area contributed by atoms with Gasteiger partial charge in [-0.05, 0) is 18.6 Å². The lowest BCUT2D eigenvalue weighted by molar-refractivity contribution is -0.385. The highest BCUT2D eigenvalue weighted by molar-refractivity contribution is 7.19. The van der Waals surface area contributed by atoms with Gasteiger partial charge in [0, 0.05) is 6.07 Å². The third-order valence-corrected chi connectivity index (χ3v) is 2.92. The van der Waals surface area contributed by atoms with Crippen LogP contribution in [0.3, 0.4) is 0 Å². The molecule has 2 rings (SSSR count). The number of hydrogen-bond acceptors (Lipinski definition) is 7. The fourth-order valence-electron chi connectivity index (χ4n) is 1.44. The van der Waals surface area contributed by atoms with Gasteiger partial charge in [0.05, 0.1) is 4.92 Å². The summed E-state index contributed by atoms with van der Waals surface area (Å²) in [7, 11) is 0. The molecule has 0 aliphatic carbocycles. The number of anilines is 2. The Hall–Kier alpha value is -2.55. The molecule has 0 atom stereocenters. The van der Waals surface area contributed by atoms with Crippen molar-refractivity contribution in [2.75, 3.05) is 11.1 Å². The second-order valence-corrected chi connectivity index (χ2v) is 4.69. The van der Waals surface area contributed by atoms with Crippen LogP contribution in [0.15, 0.2) is 18.2 Å². The molecule has 9 heteroatoms. The molecule has 0 aliphatic rings. The highest BCUT2D eigenvalue weighted by Crippen LogP contribution is 2.22. The topological polar surface area (TPSA) is 124 Å².